The van der Waals surface area contributed by atoms with Crippen molar-refractivity contribution >= 4 is 104 Å². The van der Waals surface area contributed by atoms with E-state index in [0.29, 0.717) is 0 Å². The Hall–Kier alpha value is -4.14. The molecule has 0 aromatic heterocycles. The fourth-order valence-corrected chi connectivity index (χ4v) is 13.0. The van der Waals surface area contributed by atoms with Gasteiger partial charge in [0.1, 0.15) is 0 Å². The molecule has 0 nitrogen and oxygen atoms in total. The highest BCUT2D eigenvalue weighted by atomic mass is 32.2. The second kappa shape index (κ2) is 19.5. The van der Waals surface area contributed by atoms with E-state index in [1.54, 1.807) is 0 Å². The molecule has 9 rings (SSSR count). The largest absolute Gasteiger partial charge is 0.142 e. The number of hydrogen-bond donors (Lipinski definition) is 1. The molecule has 0 aliphatic carbocycles. The van der Waals surface area contributed by atoms with Gasteiger partial charge in [-0.15, -0.1) is 71.4 Å². The van der Waals surface area contributed by atoms with Crippen molar-refractivity contribution in [3.63, 3.8) is 0 Å². The van der Waals surface area contributed by atoms with Gasteiger partial charge in [0.15, 0.2) is 0 Å². The van der Waals surface area contributed by atoms with Gasteiger partial charge < -0.3 is 0 Å². The minimum absolute atomic E-state index is 0.895. The highest BCUT2D eigenvalue weighted by Gasteiger charge is 2.19. The summed E-state index contributed by atoms with van der Waals surface area (Å²) in [5.74, 6) is 4.55. The lowest BCUT2D eigenvalue weighted by atomic mass is 9.94. The molecule has 0 radical (unpaired) electrons. The van der Waals surface area contributed by atoms with Crippen molar-refractivity contribution in [1.82, 2.24) is 0 Å². The third-order valence-corrected chi connectivity index (χ3v) is 16.7. The Morgan fingerprint density at radius 2 is 0.458 bits per heavy atom. The van der Waals surface area contributed by atoms with Crippen molar-refractivity contribution in [2.24, 2.45) is 0 Å². The van der Waals surface area contributed by atoms with Crippen molar-refractivity contribution in [3.8, 4) is 0 Å². The Balaban J connectivity index is 1.24. The number of fused-ring (bicyclic) bond motifs is 6. The molecular weight excluding hydrogens is 829 g/mol. The van der Waals surface area contributed by atoms with Gasteiger partial charge in [-0.05, 0) is 96.5 Å². The van der Waals surface area contributed by atoms with Gasteiger partial charge in [0, 0.05) is 58.1 Å². The molecule has 0 aliphatic rings. The molecule has 6 heteroatoms. The van der Waals surface area contributed by atoms with E-state index in [-0.39, 0.29) is 0 Å². The van der Waals surface area contributed by atoms with Crippen LogP contribution in [0.2, 0.25) is 0 Å². The van der Waals surface area contributed by atoms with Crippen LogP contribution in [0.3, 0.4) is 0 Å². The summed E-state index contributed by atoms with van der Waals surface area (Å²) in [6.45, 7) is 0. The van der Waals surface area contributed by atoms with Crippen LogP contribution in [0.5, 0.6) is 0 Å². The van der Waals surface area contributed by atoms with Crippen molar-refractivity contribution < 1.29 is 0 Å². The van der Waals surface area contributed by atoms with Gasteiger partial charge in [0.2, 0.25) is 0 Å². The Morgan fingerprint density at radius 1 is 0.254 bits per heavy atom. The fraction of sp³-hybridized carbons (Fsp3) is 0.0943. The molecule has 0 unspecified atom stereocenters. The molecule has 0 aliphatic heterocycles. The summed E-state index contributed by atoms with van der Waals surface area (Å²) < 4.78 is 0. The van der Waals surface area contributed by atoms with Crippen molar-refractivity contribution in [1.29, 1.82) is 0 Å². The number of rotatable bonds is 15. The first-order valence-corrected chi connectivity index (χ1v) is 25.1. The van der Waals surface area contributed by atoms with Crippen LogP contribution in [0.1, 0.15) is 27.8 Å². The lowest BCUT2D eigenvalue weighted by Crippen LogP contribution is -1.92. The third kappa shape index (κ3) is 9.92. The van der Waals surface area contributed by atoms with Crippen molar-refractivity contribution in [2.75, 3.05) is 0 Å². The van der Waals surface area contributed by atoms with E-state index >= 15 is 0 Å². The van der Waals surface area contributed by atoms with E-state index in [4.69, 9.17) is 12.6 Å². The van der Waals surface area contributed by atoms with E-state index in [1.807, 2.05) is 58.8 Å². The summed E-state index contributed by atoms with van der Waals surface area (Å²) in [7, 11) is 0. The SMILES string of the molecule is Sc1cc2c(cc1SCc1ccccc1)c1cc(SCc3ccccc3)c(SCc3ccccc3)cc1c1cc(SCc3ccccc3)c(SCc3ccccc3)cc21. The summed E-state index contributed by atoms with van der Waals surface area (Å²) in [4.78, 5) is 7.53. The van der Waals surface area contributed by atoms with E-state index in [1.165, 1.54) is 84.6 Å². The van der Waals surface area contributed by atoms with Gasteiger partial charge in [-0.25, -0.2) is 0 Å². The van der Waals surface area contributed by atoms with Crippen LogP contribution in [0.4, 0.5) is 0 Å². The van der Waals surface area contributed by atoms with Crippen molar-refractivity contribution in [2.45, 2.75) is 58.1 Å². The maximum Gasteiger partial charge on any atom is 0.0232 e. The predicted octanol–water partition coefficient (Wildman–Crippen LogP) is 16.9. The van der Waals surface area contributed by atoms with E-state index in [9.17, 15) is 0 Å². The van der Waals surface area contributed by atoms with Gasteiger partial charge in [-0.1, -0.05) is 152 Å². The van der Waals surface area contributed by atoms with Gasteiger partial charge in [-0.2, -0.15) is 0 Å². The van der Waals surface area contributed by atoms with Gasteiger partial charge in [-0.3, -0.25) is 0 Å². The summed E-state index contributed by atoms with van der Waals surface area (Å²) >= 11 is 14.8. The average Bonchev–Trinajstić information content (AvgIpc) is 3.30. The van der Waals surface area contributed by atoms with E-state index in [0.717, 1.165) is 33.7 Å². The molecule has 290 valence electrons. The van der Waals surface area contributed by atoms with Crippen LogP contribution >= 0.6 is 71.4 Å². The minimum atomic E-state index is 0.895. The lowest BCUT2D eigenvalue weighted by Gasteiger charge is -2.19. The van der Waals surface area contributed by atoms with Gasteiger partial charge >= 0.3 is 0 Å². The Kier molecular flexibility index (Phi) is 13.3. The first-order chi connectivity index (χ1) is 29.1. The molecule has 9 aromatic rings. The van der Waals surface area contributed by atoms with Gasteiger partial charge in [0.05, 0.1) is 0 Å². The second-order valence-electron chi connectivity index (χ2n) is 14.4. The highest BCUT2D eigenvalue weighted by Crippen LogP contribution is 2.47. The van der Waals surface area contributed by atoms with Gasteiger partial charge in [0.25, 0.3) is 0 Å². The maximum atomic E-state index is 5.18. The smallest absolute Gasteiger partial charge is 0.0232 e. The molecule has 0 saturated heterocycles. The van der Waals surface area contributed by atoms with E-state index in [2.05, 4.69) is 188 Å². The number of hydrogen-bond acceptors (Lipinski definition) is 6. The van der Waals surface area contributed by atoms with Crippen LogP contribution in [0.15, 0.2) is 217 Å². The normalized spacial score (nSPS) is 11.5. The second-order valence-corrected chi connectivity index (χ2v) is 20.0. The molecule has 0 atom stereocenters. The highest BCUT2D eigenvalue weighted by molar-refractivity contribution is 8.02. The third-order valence-electron chi connectivity index (χ3n) is 10.3. The molecule has 0 fully saturated rings. The Bertz CT molecular complexity index is 2730. The number of thiol groups is 1. The summed E-state index contributed by atoms with van der Waals surface area (Å²) in [6.07, 6.45) is 0. The molecule has 0 spiro atoms. The standard InChI is InChI=1S/C53H42S6/c54-48-26-42-43(27-49(48)55-32-37-16-6-1-7-17-37)45-29-51(57-34-39-20-10-3-11-21-39)53(59-36-41-24-14-5-15-25-41)31-47(45)46-30-52(58-35-40-22-12-4-13-23-40)50(28-44(42)46)56-33-38-18-8-2-9-19-38/h1-31,54H,32-36H2. The maximum absolute atomic E-state index is 5.18. The predicted molar refractivity (Wildman–Crippen MR) is 266 cm³/mol. The minimum Gasteiger partial charge on any atom is -0.142 e. The Labute approximate surface area is 374 Å². The van der Waals surface area contributed by atoms with Crippen LogP contribution in [0.25, 0.3) is 32.3 Å². The summed E-state index contributed by atoms with van der Waals surface area (Å²) in [6, 6.07) is 68.9. The molecule has 59 heavy (non-hydrogen) atoms. The zero-order valence-corrected chi connectivity index (χ0v) is 37.4. The summed E-state index contributed by atoms with van der Waals surface area (Å²) in [5.41, 5.74) is 6.65. The molecule has 0 saturated carbocycles. The van der Waals surface area contributed by atoms with Crippen LogP contribution in [0, 0.1) is 0 Å². The molecular formula is C53H42S6. The first kappa shape index (κ1) is 40.3. The summed E-state index contributed by atoms with van der Waals surface area (Å²) in [5, 5.41) is 7.72. The average molecular weight is 871 g/mol. The molecule has 0 bridgehead atoms. The van der Waals surface area contributed by atoms with E-state index < -0.39 is 0 Å². The zero-order valence-electron chi connectivity index (χ0n) is 32.4. The molecule has 0 amide bonds. The first-order valence-electron chi connectivity index (χ1n) is 19.7. The Morgan fingerprint density at radius 3 is 0.712 bits per heavy atom. The topological polar surface area (TPSA) is 0 Å². The van der Waals surface area contributed by atoms with Crippen LogP contribution in [-0.4, -0.2) is 0 Å². The quantitative estimate of drug-likeness (QED) is 0.0617. The monoisotopic (exact) mass is 870 g/mol. The molecule has 0 N–H and O–H groups in total. The molecule has 0 heterocycles. The zero-order chi connectivity index (χ0) is 39.8. The lowest BCUT2D eigenvalue weighted by molar-refractivity contribution is 1.24. The van der Waals surface area contributed by atoms with Crippen molar-refractivity contribution in [3.05, 3.63) is 216 Å². The number of benzene rings is 9. The molecule has 9 aromatic carbocycles. The number of thioether (sulfide) groups is 5. The van der Waals surface area contributed by atoms with Crippen LogP contribution < -0.4 is 0 Å². The van der Waals surface area contributed by atoms with Crippen LogP contribution in [-0.2, 0) is 28.8 Å². The fourth-order valence-electron chi connectivity index (χ4n) is 7.27.